The van der Waals surface area contributed by atoms with Gasteiger partial charge in [-0.2, -0.15) is 0 Å². The van der Waals surface area contributed by atoms with Crippen LogP contribution < -0.4 is 4.90 Å². The summed E-state index contributed by atoms with van der Waals surface area (Å²) >= 11 is 0. The Labute approximate surface area is 148 Å². The third-order valence-electron chi connectivity index (χ3n) is 5.67. The minimum atomic E-state index is 0.472. The van der Waals surface area contributed by atoms with E-state index >= 15 is 0 Å². The van der Waals surface area contributed by atoms with Gasteiger partial charge >= 0.3 is 0 Å². The van der Waals surface area contributed by atoms with Gasteiger partial charge in [-0.25, -0.2) is 0 Å². The van der Waals surface area contributed by atoms with Crippen LogP contribution in [-0.2, 0) is 4.74 Å². The maximum atomic E-state index is 5.94. The minimum absolute atomic E-state index is 0.472. The molecule has 2 aliphatic rings. The first-order chi connectivity index (χ1) is 11.6. The zero-order valence-electron chi connectivity index (χ0n) is 15.7. The highest BCUT2D eigenvalue weighted by Gasteiger charge is 2.27. The van der Waals surface area contributed by atoms with Gasteiger partial charge in [0.2, 0.25) is 0 Å². The standard InChI is InChI=1S/C21H34N2O/c1-17(2)21-15-19(9-14-24-21)16-22-10-4-11-23(13-12-22)20-7-5-18(3)6-8-20/h5-8,17,19,21H,4,9-16H2,1-3H3/t19-,21+/m1/s1. The number of nitrogens with zero attached hydrogens (tertiary/aromatic N) is 2. The van der Waals surface area contributed by atoms with Gasteiger partial charge in [0.15, 0.2) is 0 Å². The molecule has 2 aliphatic heterocycles. The topological polar surface area (TPSA) is 15.7 Å². The third-order valence-corrected chi connectivity index (χ3v) is 5.67. The van der Waals surface area contributed by atoms with Crippen molar-refractivity contribution in [1.82, 2.24) is 4.90 Å². The van der Waals surface area contributed by atoms with Crippen LogP contribution in [-0.4, -0.2) is 50.3 Å². The Bertz CT molecular complexity index is 499. The molecule has 0 aliphatic carbocycles. The first-order valence-electron chi connectivity index (χ1n) is 9.77. The van der Waals surface area contributed by atoms with E-state index in [0.717, 1.165) is 19.1 Å². The Hall–Kier alpha value is -1.06. The van der Waals surface area contributed by atoms with Crippen LogP contribution in [0.3, 0.4) is 0 Å². The summed E-state index contributed by atoms with van der Waals surface area (Å²) in [4.78, 5) is 5.25. The van der Waals surface area contributed by atoms with Gasteiger partial charge in [-0.15, -0.1) is 0 Å². The maximum Gasteiger partial charge on any atom is 0.0601 e. The molecule has 0 aromatic heterocycles. The molecule has 3 rings (SSSR count). The second-order valence-corrected chi connectivity index (χ2v) is 8.02. The third kappa shape index (κ3) is 4.73. The van der Waals surface area contributed by atoms with Gasteiger partial charge in [-0.1, -0.05) is 31.5 Å². The van der Waals surface area contributed by atoms with Crippen LogP contribution >= 0.6 is 0 Å². The molecule has 0 bridgehead atoms. The Morgan fingerprint density at radius 2 is 1.88 bits per heavy atom. The van der Waals surface area contributed by atoms with E-state index in [1.165, 1.54) is 56.7 Å². The van der Waals surface area contributed by atoms with Crippen LogP contribution in [0.25, 0.3) is 0 Å². The van der Waals surface area contributed by atoms with E-state index in [-0.39, 0.29) is 0 Å². The van der Waals surface area contributed by atoms with Gasteiger partial charge in [0, 0.05) is 38.5 Å². The van der Waals surface area contributed by atoms with E-state index < -0.39 is 0 Å². The fourth-order valence-corrected chi connectivity index (χ4v) is 4.06. The SMILES string of the molecule is Cc1ccc(N2CCCN(C[C@@H]3CCO[C@H](C(C)C)C3)CC2)cc1. The molecule has 3 nitrogen and oxygen atoms in total. The van der Waals surface area contributed by atoms with Crippen molar-refractivity contribution in [3.05, 3.63) is 29.8 Å². The molecule has 0 unspecified atom stereocenters. The predicted octanol–water partition coefficient (Wildman–Crippen LogP) is 3.96. The Morgan fingerprint density at radius 1 is 1.08 bits per heavy atom. The zero-order valence-corrected chi connectivity index (χ0v) is 15.7. The van der Waals surface area contributed by atoms with Crippen LogP contribution in [0.2, 0.25) is 0 Å². The number of benzene rings is 1. The van der Waals surface area contributed by atoms with Crippen molar-refractivity contribution < 1.29 is 4.74 Å². The number of hydrogen-bond acceptors (Lipinski definition) is 3. The van der Waals surface area contributed by atoms with E-state index in [2.05, 4.69) is 54.8 Å². The van der Waals surface area contributed by atoms with E-state index in [4.69, 9.17) is 4.74 Å². The van der Waals surface area contributed by atoms with Crippen molar-refractivity contribution in [1.29, 1.82) is 0 Å². The van der Waals surface area contributed by atoms with Crippen LogP contribution in [0.15, 0.2) is 24.3 Å². The summed E-state index contributed by atoms with van der Waals surface area (Å²) in [5.74, 6) is 1.46. The largest absolute Gasteiger partial charge is 0.378 e. The van der Waals surface area contributed by atoms with E-state index in [0.29, 0.717) is 12.0 Å². The van der Waals surface area contributed by atoms with Crippen molar-refractivity contribution in [2.24, 2.45) is 11.8 Å². The molecule has 0 N–H and O–H groups in total. The van der Waals surface area contributed by atoms with Gasteiger partial charge < -0.3 is 14.5 Å². The van der Waals surface area contributed by atoms with Crippen LogP contribution in [0, 0.1) is 18.8 Å². The molecule has 0 radical (unpaired) electrons. The average Bonchev–Trinajstić information content (AvgIpc) is 2.81. The van der Waals surface area contributed by atoms with Crippen LogP contribution in [0.5, 0.6) is 0 Å². The lowest BCUT2D eigenvalue weighted by Crippen LogP contribution is -2.38. The highest BCUT2D eigenvalue weighted by Crippen LogP contribution is 2.26. The quantitative estimate of drug-likeness (QED) is 0.831. The highest BCUT2D eigenvalue weighted by molar-refractivity contribution is 5.47. The first-order valence-corrected chi connectivity index (χ1v) is 9.77. The van der Waals surface area contributed by atoms with Crippen molar-refractivity contribution in [3.8, 4) is 0 Å². The van der Waals surface area contributed by atoms with E-state index in [1.54, 1.807) is 0 Å². The fourth-order valence-electron chi connectivity index (χ4n) is 4.06. The molecule has 2 atom stereocenters. The minimum Gasteiger partial charge on any atom is -0.378 e. The monoisotopic (exact) mass is 330 g/mol. The molecule has 2 saturated heterocycles. The molecule has 2 fully saturated rings. The second-order valence-electron chi connectivity index (χ2n) is 8.02. The summed E-state index contributed by atoms with van der Waals surface area (Å²) < 4.78 is 5.94. The van der Waals surface area contributed by atoms with Gasteiger partial charge in [0.25, 0.3) is 0 Å². The molecule has 0 spiro atoms. The molecule has 0 amide bonds. The molecular weight excluding hydrogens is 296 g/mol. The van der Waals surface area contributed by atoms with Crippen molar-refractivity contribution in [3.63, 3.8) is 0 Å². The van der Waals surface area contributed by atoms with Gasteiger partial charge in [-0.3, -0.25) is 0 Å². The summed E-state index contributed by atoms with van der Waals surface area (Å²) in [6.45, 7) is 13.7. The second kappa shape index (κ2) is 8.35. The normalized spacial score (nSPS) is 26.6. The fraction of sp³-hybridized carbons (Fsp3) is 0.714. The number of ether oxygens (including phenoxy) is 1. The number of rotatable bonds is 4. The smallest absolute Gasteiger partial charge is 0.0601 e. The summed E-state index contributed by atoms with van der Waals surface area (Å²) in [5, 5.41) is 0. The summed E-state index contributed by atoms with van der Waals surface area (Å²) in [6, 6.07) is 9.01. The lowest BCUT2D eigenvalue weighted by atomic mass is 9.90. The molecular formula is C21H34N2O. The molecule has 134 valence electrons. The Kier molecular flexibility index (Phi) is 6.18. The van der Waals surface area contributed by atoms with E-state index in [9.17, 15) is 0 Å². The first kappa shape index (κ1) is 17.8. The average molecular weight is 331 g/mol. The molecule has 3 heteroatoms. The molecule has 1 aromatic rings. The maximum absolute atomic E-state index is 5.94. The van der Waals surface area contributed by atoms with Crippen LogP contribution in [0.1, 0.15) is 38.7 Å². The van der Waals surface area contributed by atoms with E-state index in [1.807, 2.05) is 0 Å². The summed E-state index contributed by atoms with van der Waals surface area (Å²) in [5.41, 5.74) is 2.72. The van der Waals surface area contributed by atoms with Crippen molar-refractivity contribution >= 4 is 5.69 Å². The molecule has 1 aromatic carbocycles. The lowest BCUT2D eigenvalue weighted by Gasteiger charge is -2.34. The Balaban J connectivity index is 1.51. The number of hydrogen-bond donors (Lipinski definition) is 0. The number of aryl methyl sites for hydroxylation is 1. The lowest BCUT2D eigenvalue weighted by molar-refractivity contribution is -0.0395. The summed E-state index contributed by atoms with van der Waals surface area (Å²) in [7, 11) is 0. The molecule has 0 saturated carbocycles. The molecule has 2 heterocycles. The van der Waals surface area contributed by atoms with Crippen LogP contribution in [0.4, 0.5) is 5.69 Å². The van der Waals surface area contributed by atoms with Gasteiger partial charge in [0.1, 0.15) is 0 Å². The summed E-state index contributed by atoms with van der Waals surface area (Å²) in [6.07, 6.45) is 4.22. The number of anilines is 1. The van der Waals surface area contributed by atoms with Crippen molar-refractivity contribution in [2.75, 3.05) is 44.2 Å². The van der Waals surface area contributed by atoms with Gasteiger partial charge in [0.05, 0.1) is 6.10 Å². The zero-order chi connectivity index (χ0) is 16.9. The Morgan fingerprint density at radius 3 is 2.62 bits per heavy atom. The molecule has 24 heavy (non-hydrogen) atoms. The highest BCUT2D eigenvalue weighted by atomic mass is 16.5. The van der Waals surface area contributed by atoms with Gasteiger partial charge in [-0.05, 0) is 56.7 Å². The van der Waals surface area contributed by atoms with Crippen molar-refractivity contribution in [2.45, 2.75) is 46.1 Å². The predicted molar refractivity (Wildman–Crippen MR) is 102 cm³/mol.